The van der Waals surface area contributed by atoms with Crippen molar-refractivity contribution in [1.29, 1.82) is 0 Å². The quantitative estimate of drug-likeness (QED) is 0.459. The third kappa shape index (κ3) is 5.21. The Labute approximate surface area is 193 Å². The first kappa shape index (κ1) is 22.5. The van der Waals surface area contributed by atoms with E-state index in [1.54, 1.807) is 10.9 Å². The van der Waals surface area contributed by atoms with Gasteiger partial charge in [0, 0.05) is 24.2 Å². The van der Waals surface area contributed by atoms with E-state index in [9.17, 15) is 4.79 Å². The van der Waals surface area contributed by atoms with Gasteiger partial charge in [-0.3, -0.25) is 9.67 Å². The number of benzene rings is 2. The topological polar surface area (TPSA) is 95.1 Å². The number of amides is 1. The predicted molar refractivity (Wildman–Crippen MR) is 129 cm³/mol. The van der Waals surface area contributed by atoms with Crippen molar-refractivity contribution in [3.8, 4) is 5.75 Å². The van der Waals surface area contributed by atoms with Crippen LogP contribution in [0.15, 0.2) is 48.7 Å². The number of aromatic nitrogens is 3. The van der Waals surface area contributed by atoms with E-state index in [0.29, 0.717) is 31.1 Å². The summed E-state index contributed by atoms with van der Waals surface area (Å²) < 4.78 is 7.31. The number of hydrogen-bond donors (Lipinski definition) is 2. The van der Waals surface area contributed by atoms with Gasteiger partial charge in [0.05, 0.1) is 18.3 Å². The van der Waals surface area contributed by atoms with Crippen molar-refractivity contribution in [3.05, 3.63) is 87.9 Å². The van der Waals surface area contributed by atoms with Crippen LogP contribution in [0.2, 0.25) is 0 Å². The SMILES string of the molecule is Cc1ccc2cc(Cn3cc(OC(=O)NCc4c(C)cc(CN)cc4C)c(C)n3)ccc2n1. The lowest BCUT2D eigenvalue weighted by Crippen LogP contribution is -2.27. The van der Waals surface area contributed by atoms with E-state index in [1.807, 2.05) is 58.0 Å². The largest absolute Gasteiger partial charge is 0.412 e. The fourth-order valence-electron chi connectivity index (χ4n) is 4.02. The third-order valence-electron chi connectivity index (χ3n) is 5.74. The summed E-state index contributed by atoms with van der Waals surface area (Å²) in [7, 11) is 0. The highest BCUT2D eigenvalue weighted by atomic mass is 16.6. The van der Waals surface area contributed by atoms with Crippen LogP contribution < -0.4 is 15.8 Å². The number of nitrogens with two attached hydrogens (primary N) is 1. The number of hydrogen-bond acceptors (Lipinski definition) is 5. The van der Waals surface area contributed by atoms with Crippen LogP contribution in [0.3, 0.4) is 0 Å². The van der Waals surface area contributed by atoms with Gasteiger partial charge in [0.15, 0.2) is 5.75 Å². The molecule has 3 N–H and O–H groups in total. The molecule has 170 valence electrons. The van der Waals surface area contributed by atoms with Gasteiger partial charge in [-0.05, 0) is 73.7 Å². The van der Waals surface area contributed by atoms with Crippen LogP contribution in [0.1, 0.15) is 39.2 Å². The Morgan fingerprint density at radius 2 is 1.79 bits per heavy atom. The molecule has 0 aliphatic heterocycles. The Balaban J connectivity index is 1.40. The molecule has 33 heavy (non-hydrogen) atoms. The summed E-state index contributed by atoms with van der Waals surface area (Å²) in [6, 6.07) is 14.3. The molecular formula is C26H29N5O2. The normalized spacial score (nSPS) is 11.1. The monoisotopic (exact) mass is 443 g/mol. The Kier molecular flexibility index (Phi) is 6.42. The first-order valence-electron chi connectivity index (χ1n) is 11.0. The molecule has 4 rings (SSSR count). The molecule has 0 spiro atoms. The maximum Gasteiger partial charge on any atom is 0.412 e. The molecular weight excluding hydrogens is 414 g/mol. The van der Waals surface area contributed by atoms with E-state index in [1.165, 1.54) is 0 Å². The number of nitrogens with zero attached hydrogens (tertiary/aromatic N) is 3. The molecule has 4 aromatic rings. The summed E-state index contributed by atoms with van der Waals surface area (Å²) in [5, 5.41) is 8.43. The summed E-state index contributed by atoms with van der Waals surface area (Å²) >= 11 is 0. The minimum absolute atomic E-state index is 0.388. The highest BCUT2D eigenvalue weighted by Crippen LogP contribution is 2.20. The van der Waals surface area contributed by atoms with Crippen LogP contribution >= 0.6 is 0 Å². The fraction of sp³-hybridized carbons (Fsp3) is 0.269. The molecule has 0 unspecified atom stereocenters. The first-order valence-corrected chi connectivity index (χ1v) is 11.0. The van der Waals surface area contributed by atoms with Gasteiger partial charge in [0.1, 0.15) is 5.69 Å². The highest BCUT2D eigenvalue weighted by Gasteiger charge is 2.13. The number of aryl methyl sites for hydroxylation is 4. The minimum Gasteiger partial charge on any atom is -0.407 e. The summed E-state index contributed by atoms with van der Waals surface area (Å²) in [6.45, 7) is 9.31. The molecule has 0 fully saturated rings. The summed E-state index contributed by atoms with van der Waals surface area (Å²) in [4.78, 5) is 17.0. The summed E-state index contributed by atoms with van der Waals surface area (Å²) in [5.74, 6) is 0.442. The van der Waals surface area contributed by atoms with Crippen molar-refractivity contribution >= 4 is 17.0 Å². The Morgan fingerprint density at radius 3 is 2.52 bits per heavy atom. The number of fused-ring (bicyclic) bond motifs is 1. The molecule has 2 heterocycles. The zero-order valence-electron chi connectivity index (χ0n) is 19.5. The van der Waals surface area contributed by atoms with Crippen LogP contribution in [0.4, 0.5) is 4.79 Å². The second kappa shape index (κ2) is 9.42. The zero-order valence-corrected chi connectivity index (χ0v) is 19.5. The molecule has 0 saturated heterocycles. The smallest absolute Gasteiger partial charge is 0.407 e. The van der Waals surface area contributed by atoms with Crippen LogP contribution in [0.25, 0.3) is 10.9 Å². The lowest BCUT2D eigenvalue weighted by atomic mass is 9.99. The molecule has 0 aliphatic rings. The van der Waals surface area contributed by atoms with Gasteiger partial charge >= 0.3 is 6.09 Å². The van der Waals surface area contributed by atoms with Gasteiger partial charge in [-0.2, -0.15) is 5.10 Å². The average molecular weight is 444 g/mol. The molecule has 2 aromatic carbocycles. The number of carbonyl (C=O) groups excluding carboxylic acids is 1. The Bertz CT molecular complexity index is 1300. The van der Waals surface area contributed by atoms with Crippen LogP contribution in [-0.2, 0) is 19.6 Å². The molecule has 0 radical (unpaired) electrons. The molecule has 0 saturated carbocycles. The predicted octanol–water partition coefficient (Wildman–Crippen LogP) is 4.46. The number of rotatable bonds is 6. The van der Waals surface area contributed by atoms with Gasteiger partial charge in [-0.1, -0.05) is 24.3 Å². The van der Waals surface area contributed by atoms with Crippen molar-refractivity contribution < 1.29 is 9.53 Å². The number of pyridine rings is 1. The van der Waals surface area contributed by atoms with E-state index >= 15 is 0 Å². The second-order valence-corrected chi connectivity index (χ2v) is 8.41. The lowest BCUT2D eigenvalue weighted by molar-refractivity contribution is 0.199. The number of ether oxygens (including phenoxy) is 1. The third-order valence-corrected chi connectivity index (χ3v) is 5.74. The van der Waals surface area contributed by atoms with Crippen molar-refractivity contribution in [2.45, 2.75) is 47.3 Å². The summed E-state index contributed by atoms with van der Waals surface area (Å²) in [5.41, 5.74) is 13.8. The van der Waals surface area contributed by atoms with Gasteiger partial charge < -0.3 is 15.8 Å². The maximum absolute atomic E-state index is 12.4. The van der Waals surface area contributed by atoms with Crippen molar-refractivity contribution in [2.24, 2.45) is 5.73 Å². The molecule has 0 atom stereocenters. The second-order valence-electron chi connectivity index (χ2n) is 8.41. The van der Waals surface area contributed by atoms with Crippen molar-refractivity contribution in [2.75, 3.05) is 0 Å². The summed E-state index contributed by atoms with van der Waals surface area (Å²) in [6.07, 6.45) is 1.24. The zero-order chi connectivity index (χ0) is 23.5. The molecule has 0 aliphatic carbocycles. The number of carbonyl (C=O) groups is 1. The van der Waals surface area contributed by atoms with Gasteiger partial charge in [-0.15, -0.1) is 0 Å². The first-order chi connectivity index (χ1) is 15.8. The molecule has 1 amide bonds. The van der Waals surface area contributed by atoms with Gasteiger partial charge in [0.25, 0.3) is 0 Å². The highest BCUT2D eigenvalue weighted by molar-refractivity contribution is 5.79. The molecule has 7 heteroatoms. The van der Waals surface area contributed by atoms with Crippen LogP contribution in [-0.4, -0.2) is 20.9 Å². The fourth-order valence-corrected chi connectivity index (χ4v) is 4.02. The maximum atomic E-state index is 12.4. The molecule has 7 nitrogen and oxygen atoms in total. The van der Waals surface area contributed by atoms with E-state index in [-0.39, 0.29) is 0 Å². The van der Waals surface area contributed by atoms with E-state index in [0.717, 1.165) is 44.4 Å². The Hall–Kier alpha value is -3.71. The van der Waals surface area contributed by atoms with Gasteiger partial charge in [-0.25, -0.2) is 4.79 Å². The Morgan fingerprint density at radius 1 is 1.03 bits per heavy atom. The standard InChI is InChI=1S/C26H29N5O2/c1-16-9-21(12-27)10-17(2)23(16)13-28-26(32)33-25-15-31(30-19(25)4)14-20-6-8-24-22(11-20)7-5-18(3)29-24/h5-11,15H,12-14,27H2,1-4H3,(H,28,32). The molecule has 0 bridgehead atoms. The van der Waals surface area contributed by atoms with Gasteiger partial charge in [0.2, 0.25) is 0 Å². The number of nitrogens with one attached hydrogen (secondary N) is 1. The molecule has 2 aromatic heterocycles. The van der Waals surface area contributed by atoms with Crippen LogP contribution in [0, 0.1) is 27.7 Å². The lowest BCUT2D eigenvalue weighted by Gasteiger charge is -2.13. The average Bonchev–Trinajstić information content (AvgIpc) is 3.11. The van der Waals surface area contributed by atoms with E-state index < -0.39 is 6.09 Å². The minimum atomic E-state index is -0.508. The van der Waals surface area contributed by atoms with Crippen molar-refractivity contribution in [3.63, 3.8) is 0 Å². The van der Waals surface area contributed by atoms with Crippen LogP contribution in [0.5, 0.6) is 5.75 Å². The van der Waals surface area contributed by atoms with Crippen molar-refractivity contribution in [1.82, 2.24) is 20.1 Å². The van der Waals surface area contributed by atoms with E-state index in [4.69, 9.17) is 10.5 Å². The van der Waals surface area contributed by atoms with E-state index in [2.05, 4.69) is 27.5 Å².